The first kappa shape index (κ1) is 18.4. The van der Waals surface area contributed by atoms with E-state index in [0.29, 0.717) is 10.0 Å². The second-order valence-electron chi connectivity index (χ2n) is 6.03. The van der Waals surface area contributed by atoms with Gasteiger partial charge in [0.1, 0.15) is 5.71 Å². The van der Waals surface area contributed by atoms with E-state index in [4.69, 9.17) is 11.6 Å². The zero-order valence-electron chi connectivity index (χ0n) is 13.6. The van der Waals surface area contributed by atoms with Gasteiger partial charge >= 0.3 is 6.18 Å². The van der Waals surface area contributed by atoms with Crippen LogP contribution in [0, 0.1) is 6.92 Å². The molecule has 0 aliphatic carbocycles. The topological polar surface area (TPSA) is 52.9 Å². The summed E-state index contributed by atoms with van der Waals surface area (Å²) in [6.07, 6.45) is -5.63. The van der Waals surface area contributed by atoms with Crippen LogP contribution in [0.1, 0.15) is 27.9 Å². The minimum Gasteiger partial charge on any atom is -0.365 e. The van der Waals surface area contributed by atoms with Gasteiger partial charge in [-0.2, -0.15) is 23.3 Å². The fourth-order valence-electron chi connectivity index (χ4n) is 2.76. The molecule has 0 saturated carbocycles. The number of rotatable bonds is 2. The molecular weight excluding hydrogens is 369 g/mol. The van der Waals surface area contributed by atoms with Crippen LogP contribution in [0.25, 0.3) is 0 Å². The lowest BCUT2D eigenvalue weighted by Crippen LogP contribution is -2.43. The van der Waals surface area contributed by atoms with Crippen molar-refractivity contribution in [1.82, 2.24) is 5.01 Å². The number of hydrogen-bond donors (Lipinski definition) is 1. The minimum atomic E-state index is -4.76. The van der Waals surface area contributed by atoms with E-state index in [1.54, 1.807) is 19.1 Å². The summed E-state index contributed by atoms with van der Waals surface area (Å²) < 4.78 is 39.6. The molecule has 0 radical (unpaired) electrons. The van der Waals surface area contributed by atoms with E-state index in [2.05, 4.69) is 5.10 Å². The van der Waals surface area contributed by atoms with Gasteiger partial charge in [-0.15, -0.1) is 0 Å². The third-order valence-corrected chi connectivity index (χ3v) is 4.33. The molecule has 0 spiro atoms. The van der Waals surface area contributed by atoms with E-state index < -0.39 is 29.9 Å². The molecule has 1 atom stereocenters. The first-order valence-electron chi connectivity index (χ1n) is 7.65. The molecule has 2 aromatic rings. The van der Waals surface area contributed by atoms with Gasteiger partial charge < -0.3 is 5.11 Å². The summed E-state index contributed by atoms with van der Waals surface area (Å²) in [5, 5.41) is 15.2. The van der Waals surface area contributed by atoms with Crippen molar-refractivity contribution in [3.8, 4) is 0 Å². The molecule has 2 aromatic carbocycles. The molecule has 4 nitrogen and oxygen atoms in total. The van der Waals surface area contributed by atoms with Gasteiger partial charge in [0.15, 0.2) is 5.72 Å². The molecule has 3 rings (SSSR count). The summed E-state index contributed by atoms with van der Waals surface area (Å²) in [5.74, 6) is -0.828. The Hall–Kier alpha value is -2.38. The third kappa shape index (κ3) is 3.32. The SMILES string of the molecule is Cc1cccc(C(=O)N2N=C(C(F)(F)F)C[C@]2(O)c2ccc(Cl)cc2)c1. The van der Waals surface area contributed by atoms with Crippen molar-refractivity contribution in [2.24, 2.45) is 5.10 Å². The number of carbonyl (C=O) groups is 1. The predicted octanol–water partition coefficient (Wildman–Crippen LogP) is 4.26. The number of nitrogens with zero attached hydrogens (tertiary/aromatic N) is 2. The molecule has 0 bridgehead atoms. The third-order valence-electron chi connectivity index (χ3n) is 4.08. The molecule has 26 heavy (non-hydrogen) atoms. The highest BCUT2D eigenvalue weighted by atomic mass is 35.5. The van der Waals surface area contributed by atoms with E-state index in [1.807, 2.05) is 0 Å². The zero-order chi connectivity index (χ0) is 19.1. The fourth-order valence-corrected chi connectivity index (χ4v) is 2.88. The number of aryl methyl sites for hydroxylation is 1. The van der Waals surface area contributed by atoms with Crippen LogP contribution in [0.5, 0.6) is 0 Å². The van der Waals surface area contributed by atoms with E-state index >= 15 is 0 Å². The lowest BCUT2D eigenvalue weighted by molar-refractivity contribution is -0.0816. The van der Waals surface area contributed by atoms with Crippen LogP contribution in [0.2, 0.25) is 5.02 Å². The van der Waals surface area contributed by atoms with Gasteiger partial charge in [0.2, 0.25) is 0 Å². The number of carbonyl (C=O) groups excluding carboxylic acids is 1. The molecule has 1 amide bonds. The Balaban J connectivity index is 2.08. The summed E-state index contributed by atoms with van der Waals surface area (Å²) in [7, 11) is 0. The van der Waals surface area contributed by atoms with Crippen molar-refractivity contribution in [2.45, 2.75) is 25.2 Å². The van der Waals surface area contributed by atoms with Crippen LogP contribution in [-0.2, 0) is 5.72 Å². The summed E-state index contributed by atoms with van der Waals surface area (Å²) in [6.45, 7) is 1.75. The molecule has 1 N–H and O–H groups in total. The van der Waals surface area contributed by atoms with Crippen LogP contribution in [-0.4, -0.2) is 27.9 Å². The predicted molar refractivity (Wildman–Crippen MR) is 90.8 cm³/mol. The highest BCUT2D eigenvalue weighted by Crippen LogP contribution is 2.40. The maximum atomic E-state index is 13.2. The lowest BCUT2D eigenvalue weighted by Gasteiger charge is -2.31. The van der Waals surface area contributed by atoms with Crippen LogP contribution < -0.4 is 0 Å². The molecule has 1 aliphatic heterocycles. The van der Waals surface area contributed by atoms with E-state index in [-0.39, 0.29) is 11.1 Å². The number of aliphatic hydroxyl groups is 1. The van der Waals surface area contributed by atoms with Gasteiger partial charge in [-0.1, -0.05) is 41.4 Å². The Morgan fingerprint density at radius 2 is 1.88 bits per heavy atom. The van der Waals surface area contributed by atoms with Crippen LogP contribution in [0.15, 0.2) is 53.6 Å². The monoisotopic (exact) mass is 382 g/mol. The Labute approximate surface area is 152 Å². The number of amides is 1. The average molecular weight is 383 g/mol. The van der Waals surface area contributed by atoms with Crippen molar-refractivity contribution in [1.29, 1.82) is 0 Å². The molecular formula is C18H14ClF3N2O2. The van der Waals surface area contributed by atoms with Crippen molar-refractivity contribution >= 4 is 23.2 Å². The number of hydrazone groups is 1. The summed E-state index contributed by atoms with van der Waals surface area (Å²) in [6, 6.07) is 11.9. The van der Waals surface area contributed by atoms with E-state index in [0.717, 1.165) is 5.56 Å². The normalized spacial score (nSPS) is 20.2. The second kappa shape index (κ2) is 6.41. The largest absolute Gasteiger partial charge is 0.431 e. The molecule has 0 unspecified atom stereocenters. The standard InChI is InChI=1S/C18H14ClF3N2O2/c1-11-3-2-4-12(9-11)16(25)24-17(26,10-15(23-24)18(20,21)22)13-5-7-14(19)8-6-13/h2-9,26H,10H2,1H3/t17-/m0/s1. The van der Waals surface area contributed by atoms with Gasteiger partial charge in [-0.3, -0.25) is 4.79 Å². The molecule has 8 heteroatoms. The molecule has 1 heterocycles. The smallest absolute Gasteiger partial charge is 0.365 e. The van der Waals surface area contributed by atoms with Gasteiger partial charge in [-0.25, -0.2) is 0 Å². The molecule has 0 saturated heterocycles. The fraction of sp³-hybridized carbons (Fsp3) is 0.222. The van der Waals surface area contributed by atoms with Crippen molar-refractivity contribution in [3.05, 3.63) is 70.2 Å². The van der Waals surface area contributed by atoms with Crippen molar-refractivity contribution in [2.75, 3.05) is 0 Å². The maximum Gasteiger partial charge on any atom is 0.431 e. The number of benzene rings is 2. The van der Waals surface area contributed by atoms with Crippen molar-refractivity contribution < 1.29 is 23.1 Å². The zero-order valence-corrected chi connectivity index (χ0v) is 14.3. The first-order chi connectivity index (χ1) is 12.1. The van der Waals surface area contributed by atoms with E-state index in [1.165, 1.54) is 36.4 Å². The maximum absolute atomic E-state index is 13.2. The molecule has 0 fully saturated rings. The Kier molecular flexibility index (Phi) is 4.54. The van der Waals surface area contributed by atoms with Gasteiger partial charge in [0, 0.05) is 16.1 Å². The van der Waals surface area contributed by atoms with Crippen LogP contribution in [0.4, 0.5) is 13.2 Å². The summed E-state index contributed by atoms with van der Waals surface area (Å²) in [5.41, 5.74) is -2.51. The first-order valence-corrected chi connectivity index (χ1v) is 8.03. The highest BCUT2D eigenvalue weighted by Gasteiger charge is 2.53. The lowest BCUT2D eigenvalue weighted by atomic mass is 9.96. The molecule has 0 aromatic heterocycles. The summed E-state index contributed by atoms with van der Waals surface area (Å²) in [4.78, 5) is 12.8. The number of alkyl halides is 3. The Morgan fingerprint density at radius 3 is 2.46 bits per heavy atom. The van der Waals surface area contributed by atoms with E-state index in [9.17, 15) is 23.1 Å². The highest BCUT2D eigenvalue weighted by molar-refractivity contribution is 6.30. The van der Waals surface area contributed by atoms with Crippen molar-refractivity contribution in [3.63, 3.8) is 0 Å². The average Bonchev–Trinajstić information content (AvgIpc) is 2.94. The molecule has 136 valence electrons. The Morgan fingerprint density at radius 1 is 1.23 bits per heavy atom. The number of halogens is 4. The van der Waals surface area contributed by atoms with Gasteiger partial charge in [0.25, 0.3) is 5.91 Å². The Bertz CT molecular complexity index is 881. The molecule has 1 aliphatic rings. The second-order valence-corrected chi connectivity index (χ2v) is 6.47. The summed E-state index contributed by atoms with van der Waals surface area (Å²) >= 11 is 5.81. The van der Waals surface area contributed by atoms with Gasteiger partial charge in [-0.05, 0) is 31.2 Å². The van der Waals surface area contributed by atoms with Crippen LogP contribution in [0.3, 0.4) is 0 Å². The minimum absolute atomic E-state index is 0.0888. The quantitative estimate of drug-likeness (QED) is 0.843. The van der Waals surface area contributed by atoms with Crippen LogP contribution >= 0.6 is 11.6 Å². The van der Waals surface area contributed by atoms with Gasteiger partial charge in [0.05, 0.1) is 6.42 Å². The number of hydrogen-bond acceptors (Lipinski definition) is 3.